The van der Waals surface area contributed by atoms with E-state index >= 15 is 0 Å². The van der Waals surface area contributed by atoms with Crippen molar-refractivity contribution in [2.24, 2.45) is 0 Å². The van der Waals surface area contributed by atoms with Gasteiger partial charge in [0.25, 0.3) is 11.8 Å². The monoisotopic (exact) mass is 356 g/mol. The van der Waals surface area contributed by atoms with Gasteiger partial charge in [0, 0.05) is 5.56 Å². The van der Waals surface area contributed by atoms with Gasteiger partial charge in [-0.05, 0) is 31.2 Å². The number of hydrogen-bond donors (Lipinski definition) is 2. The lowest BCUT2D eigenvalue weighted by atomic mass is 10.2. The summed E-state index contributed by atoms with van der Waals surface area (Å²) in [6, 6.07) is 14.5. The number of benzene rings is 2. The molecule has 7 heteroatoms. The summed E-state index contributed by atoms with van der Waals surface area (Å²) in [4.78, 5) is 35.9. The Balaban J connectivity index is 1.82. The van der Waals surface area contributed by atoms with Crippen LogP contribution in [0.25, 0.3) is 0 Å². The third kappa shape index (κ3) is 5.34. The predicted molar refractivity (Wildman–Crippen MR) is 96.0 cm³/mol. The average Bonchev–Trinajstić information content (AvgIpc) is 2.67. The third-order valence-corrected chi connectivity index (χ3v) is 3.46. The van der Waals surface area contributed by atoms with Gasteiger partial charge in [0.05, 0.1) is 12.8 Å². The molecular weight excluding hydrogens is 336 g/mol. The molecule has 1 atom stereocenters. The minimum absolute atomic E-state index is 0.395. The van der Waals surface area contributed by atoms with Crippen molar-refractivity contribution in [1.82, 2.24) is 5.32 Å². The number of methoxy groups -OCH3 is 1. The second-order valence-electron chi connectivity index (χ2n) is 5.42. The Labute approximate surface area is 151 Å². The van der Waals surface area contributed by atoms with Crippen LogP contribution in [0.5, 0.6) is 5.75 Å². The second kappa shape index (κ2) is 9.22. The topological polar surface area (TPSA) is 93.7 Å². The van der Waals surface area contributed by atoms with E-state index in [-0.39, 0.29) is 0 Å². The zero-order valence-corrected chi connectivity index (χ0v) is 14.5. The molecule has 2 rings (SSSR count). The number of anilines is 1. The van der Waals surface area contributed by atoms with E-state index in [4.69, 9.17) is 9.47 Å². The van der Waals surface area contributed by atoms with Crippen molar-refractivity contribution in [2.75, 3.05) is 19.0 Å². The van der Waals surface area contributed by atoms with Crippen LogP contribution in [-0.2, 0) is 14.3 Å². The van der Waals surface area contributed by atoms with Crippen LogP contribution >= 0.6 is 0 Å². The maximum atomic E-state index is 12.0. The molecule has 0 aliphatic heterocycles. The number of carbonyl (C=O) groups excluding carboxylic acids is 3. The Morgan fingerprint density at radius 3 is 2.35 bits per heavy atom. The quantitative estimate of drug-likeness (QED) is 0.740. The van der Waals surface area contributed by atoms with Crippen molar-refractivity contribution < 1.29 is 23.9 Å². The third-order valence-electron chi connectivity index (χ3n) is 3.46. The van der Waals surface area contributed by atoms with Crippen LogP contribution in [0.1, 0.15) is 17.3 Å². The first-order valence-corrected chi connectivity index (χ1v) is 7.96. The number of rotatable bonds is 7. The van der Waals surface area contributed by atoms with E-state index < -0.39 is 30.4 Å². The standard InChI is InChI=1S/C19H20N2O5/c1-13(20-18(23)14-8-4-3-5-9-14)19(24)26-12-17(22)21-15-10-6-7-11-16(15)25-2/h3-11,13H,12H2,1-2H3,(H,20,23)(H,21,22)/t13-/m0/s1. The normalized spacial score (nSPS) is 11.2. The van der Waals surface area contributed by atoms with Crippen molar-refractivity contribution in [2.45, 2.75) is 13.0 Å². The Morgan fingerprint density at radius 2 is 1.65 bits per heavy atom. The van der Waals surface area contributed by atoms with Gasteiger partial charge in [-0.3, -0.25) is 9.59 Å². The molecule has 2 amide bonds. The number of hydrogen-bond acceptors (Lipinski definition) is 5. The summed E-state index contributed by atoms with van der Waals surface area (Å²) >= 11 is 0. The van der Waals surface area contributed by atoms with E-state index in [0.717, 1.165) is 0 Å². The second-order valence-corrected chi connectivity index (χ2v) is 5.42. The number of amides is 2. The van der Waals surface area contributed by atoms with Gasteiger partial charge in [0.1, 0.15) is 11.8 Å². The fourth-order valence-electron chi connectivity index (χ4n) is 2.12. The first-order valence-electron chi connectivity index (χ1n) is 7.96. The highest BCUT2D eigenvalue weighted by Crippen LogP contribution is 2.22. The highest BCUT2D eigenvalue weighted by atomic mass is 16.5. The molecule has 136 valence electrons. The van der Waals surface area contributed by atoms with E-state index in [1.165, 1.54) is 14.0 Å². The van der Waals surface area contributed by atoms with Crippen LogP contribution in [0.4, 0.5) is 5.69 Å². The largest absolute Gasteiger partial charge is 0.495 e. The number of carbonyl (C=O) groups is 3. The SMILES string of the molecule is COc1ccccc1NC(=O)COC(=O)[C@H](C)NC(=O)c1ccccc1. The van der Waals surface area contributed by atoms with Gasteiger partial charge in [-0.2, -0.15) is 0 Å². The van der Waals surface area contributed by atoms with Crippen LogP contribution in [-0.4, -0.2) is 37.5 Å². The lowest BCUT2D eigenvalue weighted by Crippen LogP contribution is -2.40. The van der Waals surface area contributed by atoms with Crippen LogP contribution in [0.2, 0.25) is 0 Å². The zero-order valence-electron chi connectivity index (χ0n) is 14.5. The minimum atomic E-state index is -0.887. The maximum absolute atomic E-state index is 12.0. The van der Waals surface area contributed by atoms with Crippen molar-refractivity contribution in [3.05, 3.63) is 60.2 Å². The lowest BCUT2D eigenvalue weighted by Gasteiger charge is -2.14. The van der Waals surface area contributed by atoms with Crippen LogP contribution in [0.3, 0.4) is 0 Å². The molecular formula is C19H20N2O5. The molecule has 0 spiro atoms. The Kier molecular flexibility index (Phi) is 6.73. The Bertz CT molecular complexity index is 777. The Hall–Kier alpha value is -3.35. The lowest BCUT2D eigenvalue weighted by molar-refractivity contribution is -0.148. The molecule has 0 fully saturated rings. The molecule has 0 bridgehead atoms. The van der Waals surface area contributed by atoms with Gasteiger partial charge in [-0.1, -0.05) is 30.3 Å². The van der Waals surface area contributed by atoms with Gasteiger partial charge in [-0.25, -0.2) is 4.79 Å². The average molecular weight is 356 g/mol. The van der Waals surface area contributed by atoms with Crippen LogP contribution in [0, 0.1) is 0 Å². The fourth-order valence-corrected chi connectivity index (χ4v) is 2.12. The molecule has 0 saturated carbocycles. The number of ether oxygens (including phenoxy) is 2. The van der Waals surface area contributed by atoms with E-state index in [1.807, 2.05) is 0 Å². The van der Waals surface area contributed by atoms with Crippen LogP contribution < -0.4 is 15.4 Å². The van der Waals surface area contributed by atoms with E-state index in [2.05, 4.69) is 10.6 Å². The summed E-state index contributed by atoms with van der Waals surface area (Å²) in [5.74, 6) is -1.11. The highest BCUT2D eigenvalue weighted by molar-refractivity contribution is 5.97. The van der Waals surface area contributed by atoms with Crippen molar-refractivity contribution in [3.63, 3.8) is 0 Å². The minimum Gasteiger partial charge on any atom is -0.495 e. The van der Waals surface area contributed by atoms with Crippen LogP contribution in [0.15, 0.2) is 54.6 Å². The van der Waals surface area contributed by atoms with Gasteiger partial charge in [0.15, 0.2) is 6.61 Å². The molecule has 0 unspecified atom stereocenters. The van der Waals surface area contributed by atoms with E-state index in [9.17, 15) is 14.4 Å². The highest BCUT2D eigenvalue weighted by Gasteiger charge is 2.19. The summed E-state index contributed by atoms with van der Waals surface area (Å²) in [6.07, 6.45) is 0. The smallest absolute Gasteiger partial charge is 0.328 e. The molecule has 0 aromatic heterocycles. The summed E-state index contributed by atoms with van der Waals surface area (Å²) in [5, 5.41) is 5.12. The number of nitrogens with one attached hydrogen (secondary N) is 2. The van der Waals surface area contributed by atoms with Gasteiger partial charge >= 0.3 is 5.97 Å². The van der Waals surface area contributed by atoms with Crippen molar-refractivity contribution in [3.8, 4) is 5.75 Å². The molecule has 0 aliphatic rings. The summed E-state index contributed by atoms with van der Waals surface area (Å²) in [5.41, 5.74) is 0.905. The summed E-state index contributed by atoms with van der Waals surface area (Å²) in [6.45, 7) is 1.02. The first-order chi connectivity index (χ1) is 12.5. The van der Waals surface area contributed by atoms with Crippen molar-refractivity contribution >= 4 is 23.5 Å². The summed E-state index contributed by atoms with van der Waals surface area (Å²) in [7, 11) is 1.49. The Morgan fingerprint density at radius 1 is 1.00 bits per heavy atom. The van der Waals surface area contributed by atoms with Gasteiger partial charge in [0.2, 0.25) is 0 Å². The zero-order chi connectivity index (χ0) is 18.9. The molecule has 0 saturated heterocycles. The number of esters is 1. The van der Waals surface area contributed by atoms with E-state index in [0.29, 0.717) is 17.0 Å². The maximum Gasteiger partial charge on any atom is 0.328 e. The molecule has 2 aromatic carbocycles. The molecule has 7 nitrogen and oxygen atoms in total. The molecule has 0 aliphatic carbocycles. The first kappa shape index (κ1) is 19.0. The molecule has 2 aromatic rings. The molecule has 0 heterocycles. The van der Waals surface area contributed by atoms with Crippen molar-refractivity contribution in [1.29, 1.82) is 0 Å². The fraction of sp³-hybridized carbons (Fsp3) is 0.211. The molecule has 2 N–H and O–H groups in total. The summed E-state index contributed by atoms with van der Waals surface area (Å²) < 4.78 is 10.1. The van der Waals surface area contributed by atoms with Gasteiger partial charge < -0.3 is 20.1 Å². The molecule has 26 heavy (non-hydrogen) atoms. The van der Waals surface area contributed by atoms with Gasteiger partial charge in [-0.15, -0.1) is 0 Å². The predicted octanol–water partition coefficient (Wildman–Crippen LogP) is 2.00. The number of para-hydroxylation sites is 2. The molecule has 0 radical (unpaired) electrons. The van der Waals surface area contributed by atoms with E-state index in [1.54, 1.807) is 54.6 Å².